The van der Waals surface area contributed by atoms with Crippen molar-refractivity contribution in [2.75, 3.05) is 32.0 Å². The maximum absolute atomic E-state index is 5.61. The van der Waals surface area contributed by atoms with Crippen LogP contribution in [0.1, 0.15) is 12.0 Å². The summed E-state index contributed by atoms with van der Waals surface area (Å²) in [5.74, 6) is 0.733. The standard InChI is InChI=1S/C13H18BrN3S/c1-17-5-4-9(8-17)7-16-12-3-2-10(13(15)18)6-11(12)14/h2-3,6,9,16H,4-5,7-8H2,1H3,(H2,15,18). The number of hydrogen-bond donors (Lipinski definition) is 2. The van der Waals surface area contributed by atoms with E-state index in [1.54, 1.807) is 0 Å². The Bertz CT molecular complexity index is 450. The van der Waals surface area contributed by atoms with Crippen molar-refractivity contribution in [3.8, 4) is 0 Å². The number of benzene rings is 1. The Labute approximate surface area is 122 Å². The van der Waals surface area contributed by atoms with Crippen LogP contribution in [0.25, 0.3) is 0 Å². The fourth-order valence-corrected chi connectivity index (χ4v) is 2.90. The van der Waals surface area contributed by atoms with E-state index in [0.717, 1.165) is 28.2 Å². The van der Waals surface area contributed by atoms with Crippen molar-refractivity contribution in [3.05, 3.63) is 28.2 Å². The molecule has 98 valence electrons. The van der Waals surface area contributed by atoms with Gasteiger partial charge in [-0.25, -0.2) is 0 Å². The lowest BCUT2D eigenvalue weighted by atomic mass is 10.1. The molecule has 0 saturated carbocycles. The van der Waals surface area contributed by atoms with Gasteiger partial charge in [-0.15, -0.1) is 0 Å². The second kappa shape index (κ2) is 5.99. The van der Waals surface area contributed by atoms with Crippen LogP contribution in [0, 0.1) is 5.92 Å². The molecule has 2 rings (SSSR count). The molecule has 18 heavy (non-hydrogen) atoms. The zero-order valence-corrected chi connectivity index (χ0v) is 12.9. The van der Waals surface area contributed by atoms with Crippen LogP contribution in [-0.4, -0.2) is 36.6 Å². The molecule has 1 unspecified atom stereocenters. The normalized spacial score (nSPS) is 20.0. The van der Waals surface area contributed by atoms with Crippen molar-refractivity contribution in [2.24, 2.45) is 11.7 Å². The first-order valence-corrected chi connectivity index (χ1v) is 7.28. The first-order chi connectivity index (χ1) is 8.56. The fourth-order valence-electron chi connectivity index (χ4n) is 2.26. The summed E-state index contributed by atoms with van der Waals surface area (Å²) in [5.41, 5.74) is 7.60. The van der Waals surface area contributed by atoms with E-state index in [9.17, 15) is 0 Å². The smallest absolute Gasteiger partial charge is 0.104 e. The Balaban J connectivity index is 1.95. The summed E-state index contributed by atoms with van der Waals surface area (Å²) in [6.07, 6.45) is 1.27. The molecule has 1 aromatic rings. The van der Waals surface area contributed by atoms with E-state index in [-0.39, 0.29) is 0 Å². The van der Waals surface area contributed by atoms with Gasteiger partial charge in [0.2, 0.25) is 0 Å². The Morgan fingerprint density at radius 3 is 2.94 bits per heavy atom. The van der Waals surface area contributed by atoms with Gasteiger partial charge in [0.25, 0.3) is 0 Å². The van der Waals surface area contributed by atoms with Gasteiger partial charge in [0.05, 0.1) is 0 Å². The molecule has 1 atom stereocenters. The Morgan fingerprint density at radius 1 is 1.61 bits per heavy atom. The Hall–Kier alpha value is -0.650. The highest BCUT2D eigenvalue weighted by Gasteiger charge is 2.19. The van der Waals surface area contributed by atoms with E-state index in [0.29, 0.717) is 4.99 Å². The van der Waals surface area contributed by atoms with Gasteiger partial charge in [-0.3, -0.25) is 0 Å². The third kappa shape index (κ3) is 3.43. The topological polar surface area (TPSA) is 41.3 Å². The predicted octanol–water partition coefficient (Wildman–Crippen LogP) is 2.45. The van der Waals surface area contributed by atoms with Crippen LogP contribution in [0.5, 0.6) is 0 Å². The van der Waals surface area contributed by atoms with Crippen LogP contribution in [-0.2, 0) is 0 Å². The van der Waals surface area contributed by atoms with E-state index in [1.807, 2.05) is 18.2 Å². The molecule has 0 aromatic heterocycles. The molecule has 0 spiro atoms. The Kier molecular flexibility index (Phi) is 4.59. The molecule has 0 radical (unpaired) electrons. The number of halogens is 1. The predicted molar refractivity (Wildman–Crippen MR) is 84.1 cm³/mol. The van der Waals surface area contributed by atoms with Gasteiger partial charge in [-0.05, 0) is 60.1 Å². The highest BCUT2D eigenvalue weighted by molar-refractivity contribution is 9.10. The number of anilines is 1. The summed E-state index contributed by atoms with van der Waals surface area (Å²) in [5, 5.41) is 3.48. The molecule has 1 aliphatic rings. The zero-order valence-electron chi connectivity index (χ0n) is 10.4. The summed E-state index contributed by atoms with van der Waals surface area (Å²) in [4.78, 5) is 2.80. The first-order valence-electron chi connectivity index (χ1n) is 6.08. The summed E-state index contributed by atoms with van der Waals surface area (Å²) < 4.78 is 1.01. The highest BCUT2D eigenvalue weighted by atomic mass is 79.9. The minimum atomic E-state index is 0.430. The van der Waals surface area contributed by atoms with E-state index in [2.05, 4.69) is 33.2 Å². The number of thiocarbonyl (C=S) groups is 1. The Morgan fingerprint density at radius 2 is 2.39 bits per heavy atom. The molecule has 3 nitrogen and oxygen atoms in total. The zero-order chi connectivity index (χ0) is 13.1. The van der Waals surface area contributed by atoms with Gasteiger partial charge >= 0.3 is 0 Å². The third-order valence-electron chi connectivity index (χ3n) is 3.32. The minimum Gasteiger partial charge on any atom is -0.389 e. The van der Waals surface area contributed by atoms with E-state index in [1.165, 1.54) is 19.5 Å². The average molecular weight is 328 g/mol. The second-order valence-electron chi connectivity index (χ2n) is 4.86. The van der Waals surface area contributed by atoms with Crippen molar-refractivity contribution in [2.45, 2.75) is 6.42 Å². The van der Waals surface area contributed by atoms with E-state index in [4.69, 9.17) is 18.0 Å². The number of nitrogens with one attached hydrogen (secondary N) is 1. The SMILES string of the molecule is CN1CCC(CNc2ccc(C(N)=S)cc2Br)C1. The molecule has 3 N–H and O–H groups in total. The second-order valence-corrected chi connectivity index (χ2v) is 6.15. The lowest BCUT2D eigenvalue weighted by Gasteiger charge is -2.14. The van der Waals surface area contributed by atoms with Gasteiger partial charge in [-0.1, -0.05) is 12.2 Å². The van der Waals surface area contributed by atoms with Crippen LogP contribution in [0.3, 0.4) is 0 Å². The van der Waals surface area contributed by atoms with Crippen LogP contribution in [0.2, 0.25) is 0 Å². The van der Waals surface area contributed by atoms with Crippen molar-refractivity contribution >= 4 is 38.8 Å². The van der Waals surface area contributed by atoms with Gasteiger partial charge in [0.15, 0.2) is 0 Å². The number of hydrogen-bond acceptors (Lipinski definition) is 3. The number of likely N-dealkylation sites (tertiary alicyclic amines) is 1. The van der Waals surface area contributed by atoms with Crippen LogP contribution >= 0.6 is 28.1 Å². The van der Waals surface area contributed by atoms with Crippen LogP contribution < -0.4 is 11.1 Å². The maximum Gasteiger partial charge on any atom is 0.104 e. The maximum atomic E-state index is 5.61. The third-order valence-corrected chi connectivity index (χ3v) is 4.22. The van der Waals surface area contributed by atoms with Gasteiger partial charge in [0, 0.05) is 28.8 Å². The van der Waals surface area contributed by atoms with Gasteiger partial charge in [-0.2, -0.15) is 0 Å². The van der Waals surface area contributed by atoms with Crippen molar-refractivity contribution in [3.63, 3.8) is 0 Å². The fraction of sp³-hybridized carbons (Fsp3) is 0.462. The molecular weight excluding hydrogens is 310 g/mol. The summed E-state index contributed by atoms with van der Waals surface area (Å²) in [6.45, 7) is 3.39. The van der Waals surface area contributed by atoms with Gasteiger partial charge < -0.3 is 16.0 Å². The number of rotatable bonds is 4. The largest absolute Gasteiger partial charge is 0.389 e. The molecule has 1 fully saturated rings. The molecule has 0 bridgehead atoms. The molecule has 1 heterocycles. The first kappa shape index (κ1) is 13.8. The molecule has 1 saturated heterocycles. The number of nitrogens with zero attached hydrogens (tertiary/aromatic N) is 1. The van der Waals surface area contributed by atoms with Gasteiger partial charge in [0.1, 0.15) is 4.99 Å². The molecule has 5 heteroatoms. The number of nitrogens with two attached hydrogens (primary N) is 1. The molecule has 0 aliphatic carbocycles. The molecular formula is C13H18BrN3S. The van der Waals surface area contributed by atoms with E-state index < -0.39 is 0 Å². The lowest BCUT2D eigenvalue weighted by molar-refractivity contribution is 0.399. The molecule has 0 amide bonds. The van der Waals surface area contributed by atoms with E-state index >= 15 is 0 Å². The molecule has 1 aromatic carbocycles. The quantitative estimate of drug-likeness (QED) is 0.833. The van der Waals surface area contributed by atoms with Crippen molar-refractivity contribution in [1.82, 2.24) is 4.90 Å². The minimum absolute atomic E-state index is 0.430. The average Bonchev–Trinajstić information content (AvgIpc) is 2.73. The lowest BCUT2D eigenvalue weighted by Crippen LogP contribution is -2.19. The summed E-state index contributed by atoms with van der Waals surface area (Å²) >= 11 is 8.51. The van der Waals surface area contributed by atoms with Crippen LogP contribution in [0.15, 0.2) is 22.7 Å². The van der Waals surface area contributed by atoms with Crippen molar-refractivity contribution in [1.29, 1.82) is 0 Å². The van der Waals surface area contributed by atoms with Crippen molar-refractivity contribution < 1.29 is 0 Å². The molecule has 1 aliphatic heterocycles. The summed E-state index contributed by atoms with van der Waals surface area (Å²) in [6, 6.07) is 5.94. The highest BCUT2D eigenvalue weighted by Crippen LogP contribution is 2.25. The monoisotopic (exact) mass is 327 g/mol. The van der Waals surface area contributed by atoms with Crippen LogP contribution in [0.4, 0.5) is 5.69 Å². The summed E-state index contributed by atoms with van der Waals surface area (Å²) in [7, 11) is 2.17.